The van der Waals surface area contributed by atoms with Crippen molar-refractivity contribution in [3.8, 4) is 0 Å². The summed E-state index contributed by atoms with van der Waals surface area (Å²) in [6.07, 6.45) is 39.5. The van der Waals surface area contributed by atoms with Crippen LogP contribution in [0.15, 0.2) is 0 Å². The molecule has 0 aliphatic rings. The van der Waals surface area contributed by atoms with Crippen LogP contribution in [0.25, 0.3) is 0 Å². The van der Waals surface area contributed by atoms with Crippen LogP contribution in [-0.4, -0.2) is 19.6 Å². The van der Waals surface area contributed by atoms with E-state index in [2.05, 4.69) is 18.0 Å². The molecule has 236 valence electrons. The van der Waals surface area contributed by atoms with E-state index in [4.69, 9.17) is 0 Å². The van der Waals surface area contributed by atoms with Gasteiger partial charge in [-0.3, -0.25) is 4.18 Å². The first-order valence-corrected chi connectivity index (χ1v) is 18.9. The summed E-state index contributed by atoms with van der Waals surface area (Å²) < 4.78 is 37.5. The molecule has 0 bridgehead atoms. The molecule has 0 heterocycles. The molecule has 0 rings (SSSR count). The summed E-state index contributed by atoms with van der Waals surface area (Å²) in [5, 5.41) is 0. The average Bonchev–Trinajstić information content (AvgIpc) is 2.91. The largest absolute Gasteiger partial charge is 1.00 e. The molecule has 1 atom stereocenters. The van der Waals surface area contributed by atoms with Gasteiger partial charge in [-0.15, -0.1) is 0 Å². The predicted molar refractivity (Wildman–Crippen MR) is 169 cm³/mol. The monoisotopic (exact) mass is 596 g/mol. The van der Waals surface area contributed by atoms with Crippen molar-refractivity contribution in [2.45, 2.75) is 206 Å². The zero-order valence-corrected chi connectivity index (χ0v) is 30.4. The Morgan fingerprint density at radius 1 is 0.450 bits per heavy atom. The van der Waals surface area contributed by atoms with Gasteiger partial charge in [0.15, 0.2) is 0 Å². The Balaban J connectivity index is 0. The van der Waals surface area contributed by atoms with Crippen LogP contribution in [0, 0.1) is 5.92 Å². The molecule has 0 spiro atoms. The fourth-order valence-corrected chi connectivity index (χ4v) is 6.10. The molecular weight excluding hydrogens is 527 g/mol. The molecule has 6 heteroatoms. The maximum Gasteiger partial charge on any atom is 1.00 e. The molecule has 0 radical (unpaired) electrons. The van der Waals surface area contributed by atoms with E-state index >= 15 is 0 Å². The van der Waals surface area contributed by atoms with E-state index in [-0.39, 0.29) is 42.1 Å². The van der Waals surface area contributed by atoms with E-state index in [1.807, 2.05) is 0 Å². The van der Waals surface area contributed by atoms with Gasteiger partial charge in [0.05, 0.1) is 6.61 Å². The molecule has 0 saturated heterocycles. The van der Waals surface area contributed by atoms with Crippen LogP contribution < -0.4 is 29.6 Å². The summed E-state index contributed by atoms with van der Waals surface area (Å²) in [6.45, 7) is 4.62. The minimum absolute atomic E-state index is 0. The van der Waals surface area contributed by atoms with Crippen molar-refractivity contribution in [2.24, 2.45) is 5.92 Å². The summed E-state index contributed by atoms with van der Waals surface area (Å²) >= 11 is 0. The van der Waals surface area contributed by atoms with Gasteiger partial charge in [0.25, 0.3) is 0 Å². The molecule has 0 aromatic heterocycles. The summed E-state index contributed by atoms with van der Waals surface area (Å²) in [6, 6.07) is 0. The van der Waals surface area contributed by atoms with Crippen molar-refractivity contribution in [3.05, 3.63) is 0 Å². The van der Waals surface area contributed by atoms with E-state index in [9.17, 15) is 13.0 Å². The van der Waals surface area contributed by atoms with Gasteiger partial charge in [0, 0.05) is 0 Å². The number of unbranched alkanes of at least 4 members (excludes halogenated alkanes) is 26. The van der Waals surface area contributed by atoms with Crippen molar-refractivity contribution < 1.29 is 46.7 Å². The van der Waals surface area contributed by atoms with Crippen LogP contribution in [0.1, 0.15) is 206 Å². The Labute approximate surface area is 274 Å². The molecule has 0 N–H and O–H groups in total. The third-order valence-corrected chi connectivity index (χ3v) is 8.80. The first-order chi connectivity index (χ1) is 19.0. The van der Waals surface area contributed by atoms with Crippen LogP contribution in [0.3, 0.4) is 0 Å². The fraction of sp³-hybridized carbons (Fsp3) is 1.00. The molecule has 0 saturated carbocycles. The molecule has 0 amide bonds. The molecular formula is C34H69NaO4S. The van der Waals surface area contributed by atoms with Crippen molar-refractivity contribution in [1.82, 2.24) is 0 Å². The zero-order valence-electron chi connectivity index (χ0n) is 27.5. The predicted octanol–water partition coefficient (Wildman–Crippen LogP) is 8.83. The van der Waals surface area contributed by atoms with E-state index in [0.717, 1.165) is 25.7 Å². The van der Waals surface area contributed by atoms with Gasteiger partial charge < -0.3 is 4.55 Å². The van der Waals surface area contributed by atoms with Gasteiger partial charge in [0.2, 0.25) is 10.4 Å². The number of hydrogen-bond donors (Lipinski definition) is 0. The minimum atomic E-state index is -4.59. The van der Waals surface area contributed by atoms with Gasteiger partial charge in [-0.05, 0) is 18.8 Å². The summed E-state index contributed by atoms with van der Waals surface area (Å²) in [5.74, 6) is 0.198. The first kappa shape index (κ1) is 43.0. The van der Waals surface area contributed by atoms with E-state index < -0.39 is 10.4 Å². The van der Waals surface area contributed by atoms with Gasteiger partial charge in [0.1, 0.15) is 0 Å². The van der Waals surface area contributed by atoms with Gasteiger partial charge in [-0.2, -0.15) is 0 Å². The standard InChI is InChI=1S/C34H70O4S.Na/c1-3-5-7-9-11-13-15-17-18-19-20-22-24-26-28-30-32-34(33-38-39(35,36)37)31-29-27-25-23-21-16-14-12-10-8-6-4-2;/h34H,3-33H2,1-2H3,(H,35,36,37);/q;+1/p-1. The topological polar surface area (TPSA) is 66.4 Å². The maximum atomic E-state index is 11.0. The normalized spacial score (nSPS) is 12.5. The smallest absolute Gasteiger partial charge is 0.726 e. The second-order valence-electron chi connectivity index (χ2n) is 12.3. The fourth-order valence-electron chi connectivity index (χ4n) is 5.75. The molecule has 40 heavy (non-hydrogen) atoms. The van der Waals surface area contributed by atoms with E-state index in [0.29, 0.717) is 0 Å². The van der Waals surface area contributed by atoms with Gasteiger partial charge in [-0.25, -0.2) is 8.42 Å². The Kier molecular flexibility index (Phi) is 36.9. The van der Waals surface area contributed by atoms with Crippen LogP contribution in [0.5, 0.6) is 0 Å². The number of hydrogen-bond acceptors (Lipinski definition) is 4. The number of rotatable bonds is 33. The SMILES string of the molecule is CCCCCCCCCCCCCCCCCCC(CCCCCCCCCCCCCC)COS(=O)(=O)[O-].[Na+]. The molecule has 0 aromatic carbocycles. The first-order valence-electron chi connectivity index (χ1n) is 17.6. The van der Waals surface area contributed by atoms with Gasteiger partial charge in [-0.1, -0.05) is 194 Å². The zero-order chi connectivity index (χ0) is 28.7. The second kappa shape index (κ2) is 34.4. The van der Waals surface area contributed by atoms with Crippen LogP contribution in [0.4, 0.5) is 0 Å². The second-order valence-corrected chi connectivity index (χ2v) is 13.4. The quantitative estimate of drug-likeness (QED) is 0.0329. The molecule has 0 aliphatic carbocycles. The van der Waals surface area contributed by atoms with Crippen molar-refractivity contribution in [2.75, 3.05) is 6.61 Å². The van der Waals surface area contributed by atoms with Crippen LogP contribution >= 0.6 is 0 Å². The van der Waals surface area contributed by atoms with E-state index in [1.165, 1.54) is 167 Å². The third-order valence-electron chi connectivity index (χ3n) is 8.38. The molecule has 0 aliphatic heterocycles. The molecule has 0 aromatic rings. The van der Waals surface area contributed by atoms with E-state index in [1.54, 1.807) is 0 Å². The average molecular weight is 597 g/mol. The van der Waals surface area contributed by atoms with Crippen LogP contribution in [-0.2, 0) is 14.6 Å². The summed E-state index contributed by atoms with van der Waals surface area (Å²) in [4.78, 5) is 0. The Morgan fingerprint density at radius 3 is 0.900 bits per heavy atom. The van der Waals surface area contributed by atoms with Crippen molar-refractivity contribution in [1.29, 1.82) is 0 Å². The molecule has 0 fully saturated rings. The molecule has 4 nitrogen and oxygen atoms in total. The van der Waals surface area contributed by atoms with Crippen molar-refractivity contribution in [3.63, 3.8) is 0 Å². The Morgan fingerprint density at radius 2 is 0.675 bits per heavy atom. The third kappa shape index (κ3) is 36.9. The summed E-state index contributed by atoms with van der Waals surface area (Å²) in [7, 11) is -4.59. The Hall–Kier alpha value is 0.870. The maximum absolute atomic E-state index is 11.0. The minimum Gasteiger partial charge on any atom is -0.726 e. The van der Waals surface area contributed by atoms with Crippen molar-refractivity contribution >= 4 is 10.4 Å². The Bertz CT molecular complexity index is 570. The summed E-state index contributed by atoms with van der Waals surface area (Å²) in [5.41, 5.74) is 0. The molecule has 1 unspecified atom stereocenters. The van der Waals surface area contributed by atoms with Crippen LogP contribution in [0.2, 0.25) is 0 Å². The van der Waals surface area contributed by atoms with Gasteiger partial charge >= 0.3 is 29.6 Å².